The number of hydrogen-bond acceptors (Lipinski definition) is 2. The largest absolute Gasteiger partial charge is 0.324 e. The van der Waals surface area contributed by atoms with Crippen LogP contribution in [0.1, 0.15) is 25.6 Å². The van der Waals surface area contributed by atoms with Gasteiger partial charge in [0.2, 0.25) is 0 Å². The minimum atomic E-state index is -0.910. The summed E-state index contributed by atoms with van der Waals surface area (Å²) < 4.78 is 14.8. The number of carbonyl (C=O) groups is 1. The predicted molar refractivity (Wildman–Crippen MR) is 57.2 cm³/mol. The molecule has 1 aliphatic rings. The minimum Gasteiger partial charge on any atom is -0.324 e. The number of aromatic nitrogens is 2. The van der Waals surface area contributed by atoms with E-state index in [9.17, 15) is 9.18 Å². The molecule has 2 rings (SSSR count). The van der Waals surface area contributed by atoms with Crippen LogP contribution in [0, 0.1) is 0 Å². The summed E-state index contributed by atoms with van der Waals surface area (Å²) in [6.07, 6.45) is 1.69. The molecule has 2 atom stereocenters. The molecule has 0 N–H and O–H groups in total. The van der Waals surface area contributed by atoms with Gasteiger partial charge in [0.1, 0.15) is 0 Å². The molecule has 2 unspecified atom stereocenters. The van der Waals surface area contributed by atoms with E-state index in [1.807, 2.05) is 24.6 Å². The molecule has 0 fully saturated rings. The molecule has 4 nitrogen and oxygen atoms in total. The molecule has 1 aromatic heterocycles. The van der Waals surface area contributed by atoms with Gasteiger partial charge in [0, 0.05) is 12.2 Å². The lowest BCUT2D eigenvalue weighted by atomic mass is 10.1. The zero-order valence-electron chi connectivity index (χ0n) is 9.35. The van der Waals surface area contributed by atoms with Crippen LogP contribution in [0.5, 0.6) is 0 Å². The molecule has 0 saturated heterocycles. The molecular formula is C11H14FN3O. The Labute approximate surface area is 93.3 Å². The Balaban J connectivity index is 2.36. The molecule has 1 amide bonds. The fourth-order valence-electron chi connectivity index (χ4n) is 2.23. The summed E-state index contributed by atoms with van der Waals surface area (Å²) >= 11 is 0. The van der Waals surface area contributed by atoms with Crippen LogP contribution in [0.3, 0.4) is 0 Å². The van der Waals surface area contributed by atoms with Gasteiger partial charge in [-0.05, 0) is 19.9 Å². The van der Waals surface area contributed by atoms with Crippen LogP contribution >= 0.6 is 0 Å². The van der Waals surface area contributed by atoms with E-state index < -0.39 is 11.7 Å². The van der Waals surface area contributed by atoms with Gasteiger partial charge < -0.3 is 4.90 Å². The average Bonchev–Trinajstić information content (AvgIpc) is 2.65. The van der Waals surface area contributed by atoms with Crippen molar-refractivity contribution in [2.75, 3.05) is 0 Å². The van der Waals surface area contributed by atoms with E-state index in [1.54, 1.807) is 6.20 Å². The zero-order valence-corrected chi connectivity index (χ0v) is 9.35. The van der Waals surface area contributed by atoms with E-state index in [4.69, 9.17) is 0 Å². The van der Waals surface area contributed by atoms with Gasteiger partial charge in [-0.1, -0.05) is 6.58 Å². The maximum absolute atomic E-state index is 12.9. The van der Waals surface area contributed by atoms with E-state index in [-0.39, 0.29) is 12.1 Å². The van der Waals surface area contributed by atoms with Gasteiger partial charge in [-0.15, -0.1) is 0 Å². The summed E-state index contributed by atoms with van der Waals surface area (Å²) in [5, 5.41) is 4.16. The van der Waals surface area contributed by atoms with Crippen LogP contribution in [0.15, 0.2) is 24.7 Å². The van der Waals surface area contributed by atoms with Crippen LogP contribution in [0.25, 0.3) is 0 Å². The Bertz CT molecular complexity index is 440. The topological polar surface area (TPSA) is 38.1 Å². The van der Waals surface area contributed by atoms with Gasteiger partial charge in [-0.25, -0.2) is 4.39 Å². The molecule has 16 heavy (non-hydrogen) atoms. The first-order valence-electron chi connectivity index (χ1n) is 5.21. The molecule has 0 spiro atoms. The van der Waals surface area contributed by atoms with Crippen LogP contribution in [0.4, 0.5) is 4.39 Å². The van der Waals surface area contributed by atoms with Crippen molar-refractivity contribution in [1.82, 2.24) is 14.7 Å². The van der Waals surface area contributed by atoms with Crippen molar-refractivity contribution in [2.24, 2.45) is 0 Å². The number of halogens is 1. The highest BCUT2D eigenvalue weighted by molar-refractivity contribution is 5.91. The highest BCUT2D eigenvalue weighted by Crippen LogP contribution is 2.29. The van der Waals surface area contributed by atoms with Gasteiger partial charge >= 0.3 is 0 Å². The fourth-order valence-corrected chi connectivity index (χ4v) is 2.23. The summed E-state index contributed by atoms with van der Waals surface area (Å²) in [7, 11) is 0. The minimum absolute atomic E-state index is 0.0811. The fraction of sp³-hybridized carbons (Fsp3) is 0.455. The second-order valence-corrected chi connectivity index (χ2v) is 4.08. The summed E-state index contributed by atoms with van der Waals surface area (Å²) in [6, 6.07) is 1.59. The Morgan fingerprint density at radius 1 is 1.62 bits per heavy atom. The molecule has 1 aliphatic heterocycles. The van der Waals surface area contributed by atoms with Gasteiger partial charge in [0.05, 0.1) is 18.3 Å². The van der Waals surface area contributed by atoms with E-state index in [2.05, 4.69) is 11.7 Å². The summed E-state index contributed by atoms with van der Waals surface area (Å²) in [5.74, 6) is -1.54. The maximum atomic E-state index is 12.9. The molecule has 0 radical (unpaired) electrons. The van der Waals surface area contributed by atoms with Crippen molar-refractivity contribution < 1.29 is 9.18 Å². The lowest BCUT2D eigenvalue weighted by Crippen LogP contribution is -2.47. The number of nitrogens with zero attached hydrogens (tertiary/aromatic N) is 3. The third-order valence-corrected chi connectivity index (χ3v) is 2.97. The summed E-state index contributed by atoms with van der Waals surface area (Å²) in [5.41, 5.74) is 0.924. The first-order chi connectivity index (χ1) is 7.52. The first-order valence-corrected chi connectivity index (χ1v) is 5.21. The van der Waals surface area contributed by atoms with Crippen molar-refractivity contribution in [2.45, 2.75) is 32.5 Å². The van der Waals surface area contributed by atoms with Crippen molar-refractivity contribution in [3.8, 4) is 0 Å². The molecule has 0 aliphatic carbocycles. The Kier molecular flexibility index (Phi) is 2.53. The number of fused-ring (bicyclic) bond motifs is 1. The molecule has 0 bridgehead atoms. The van der Waals surface area contributed by atoms with Crippen LogP contribution in [-0.4, -0.2) is 26.6 Å². The maximum Gasteiger partial charge on any atom is 0.282 e. The lowest BCUT2D eigenvalue weighted by molar-refractivity contribution is -0.134. The van der Waals surface area contributed by atoms with Gasteiger partial charge in [0.15, 0.2) is 5.83 Å². The third kappa shape index (κ3) is 1.52. The Morgan fingerprint density at radius 2 is 2.31 bits per heavy atom. The van der Waals surface area contributed by atoms with Crippen LogP contribution in [0.2, 0.25) is 0 Å². The van der Waals surface area contributed by atoms with Crippen molar-refractivity contribution in [1.29, 1.82) is 0 Å². The van der Waals surface area contributed by atoms with Gasteiger partial charge in [0.25, 0.3) is 5.91 Å². The lowest BCUT2D eigenvalue weighted by Gasteiger charge is -2.38. The third-order valence-electron chi connectivity index (χ3n) is 2.97. The average molecular weight is 223 g/mol. The second-order valence-electron chi connectivity index (χ2n) is 4.08. The van der Waals surface area contributed by atoms with E-state index >= 15 is 0 Å². The summed E-state index contributed by atoms with van der Waals surface area (Å²) in [4.78, 5) is 13.2. The zero-order chi connectivity index (χ0) is 11.9. The van der Waals surface area contributed by atoms with E-state index in [0.717, 1.165) is 5.69 Å². The molecule has 5 heteroatoms. The molecule has 0 aromatic carbocycles. The Hall–Kier alpha value is -1.65. The van der Waals surface area contributed by atoms with Crippen LogP contribution < -0.4 is 0 Å². The molecule has 0 saturated carbocycles. The molecule has 86 valence electrons. The van der Waals surface area contributed by atoms with Crippen molar-refractivity contribution >= 4 is 5.91 Å². The second kappa shape index (κ2) is 3.73. The molecule has 1 aromatic rings. The standard InChI is InChI=1S/C11H14FN3O/c1-7-6-14-10(4-5-13-14)9(3)15(7)11(16)8(2)12/h4-5,7,9H,2,6H2,1,3H3. The summed E-state index contributed by atoms with van der Waals surface area (Å²) in [6.45, 7) is 7.39. The van der Waals surface area contributed by atoms with E-state index in [1.165, 1.54) is 4.90 Å². The number of amides is 1. The van der Waals surface area contributed by atoms with Crippen LogP contribution in [-0.2, 0) is 11.3 Å². The quantitative estimate of drug-likeness (QED) is 0.679. The molecule has 2 heterocycles. The highest BCUT2D eigenvalue weighted by atomic mass is 19.1. The van der Waals surface area contributed by atoms with Gasteiger partial charge in [-0.3, -0.25) is 9.48 Å². The number of rotatable bonds is 1. The van der Waals surface area contributed by atoms with E-state index in [0.29, 0.717) is 6.54 Å². The Morgan fingerprint density at radius 3 is 2.94 bits per heavy atom. The van der Waals surface area contributed by atoms with Gasteiger partial charge in [-0.2, -0.15) is 5.10 Å². The first kappa shape index (κ1) is 10.9. The monoisotopic (exact) mass is 223 g/mol. The molecular weight excluding hydrogens is 209 g/mol. The van der Waals surface area contributed by atoms with Crippen molar-refractivity contribution in [3.05, 3.63) is 30.4 Å². The normalized spacial score (nSPS) is 24.1. The predicted octanol–water partition coefficient (Wildman–Crippen LogP) is 1.66. The number of carbonyl (C=O) groups excluding carboxylic acids is 1. The number of hydrogen-bond donors (Lipinski definition) is 0. The van der Waals surface area contributed by atoms with Crippen molar-refractivity contribution in [3.63, 3.8) is 0 Å². The highest BCUT2D eigenvalue weighted by Gasteiger charge is 2.34. The smallest absolute Gasteiger partial charge is 0.282 e. The SMILES string of the molecule is C=C(F)C(=O)N1C(C)Cn2nccc2C1C.